The van der Waals surface area contributed by atoms with Gasteiger partial charge in [-0.05, 0) is 6.42 Å². The van der Waals surface area contributed by atoms with Crippen LogP contribution in [0.2, 0.25) is 0 Å². The molecule has 0 spiro atoms. The molecule has 0 aromatic carbocycles. The van der Waals surface area contributed by atoms with E-state index in [9.17, 15) is 28.2 Å². The van der Waals surface area contributed by atoms with Crippen LogP contribution in [0.4, 0.5) is 20.4 Å². The summed E-state index contributed by atoms with van der Waals surface area (Å²) >= 11 is 0. The Balaban J connectivity index is 1.15. The third kappa shape index (κ3) is 6.02. The van der Waals surface area contributed by atoms with Crippen LogP contribution >= 0.6 is 15.4 Å². The minimum atomic E-state index is -5.08. The molecule has 19 nitrogen and oxygen atoms in total. The van der Waals surface area contributed by atoms with Crippen LogP contribution in [0.5, 0.6) is 0 Å². The molecule has 6 heterocycles. The SMILES string of the molecule is Nc1ncnc2c1ncn2[C@@H]1O[C@H](CCP(=O)(O)O)[C@@H](OP(=O)(O)OC[C@@H]2C[C@@H](F)[C@H](n3cnc4c(N)ncnc43)O2)[C@H]1F. The van der Waals surface area contributed by atoms with E-state index in [1.165, 1.54) is 17.2 Å². The Hall–Kier alpha value is -3.26. The molecule has 0 amide bonds. The third-order valence-corrected chi connectivity index (χ3v) is 8.93. The molecule has 6 rings (SSSR count). The van der Waals surface area contributed by atoms with E-state index < -0.39 is 77.7 Å². The van der Waals surface area contributed by atoms with Crippen molar-refractivity contribution in [3.63, 3.8) is 0 Å². The highest BCUT2D eigenvalue weighted by atomic mass is 31.2. The van der Waals surface area contributed by atoms with Crippen LogP contribution in [0.25, 0.3) is 22.3 Å². The van der Waals surface area contributed by atoms with Crippen LogP contribution in [0, 0.1) is 0 Å². The van der Waals surface area contributed by atoms with Gasteiger partial charge in [-0.25, -0.2) is 43.2 Å². The van der Waals surface area contributed by atoms with Crippen LogP contribution in [-0.2, 0) is 27.7 Å². The van der Waals surface area contributed by atoms with Gasteiger partial charge in [0.1, 0.15) is 36.0 Å². The number of hydrogen-bond acceptors (Lipinski definition) is 14. The predicted octanol–water partition coefficient (Wildman–Crippen LogP) is 0.762. The molecule has 0 aliphatic carbocycles. The number of aromatic nitrogens is 8. The Kier molecular flexibility index (Phi) is 8.10. The molecule has 1 unspecified atom stereocenters. The van der Waals surface area contributed by atoms with Crippen molar-refractivity contribution in [1.82, 2.24) is 39.0 Å². The number of alkyl halides is 2. The first-order valence-electron chi connectivity index (χ1n) is 13.0. The Labute approximate surface area is 245 Å². The second-order valence-corrected chi connectivity index (χ2v) is 13.3. The highest BCUT2D eigenvalue weighted by Crippen LogP contribution is 2.51. The van der Waals surface area contributed by atoms with Crippen molar-refractivity contribution in [2.45, 2.75) is 56.0 Å². The molecule has 238 valence electrons. The van der Waals surface area contributed by atoms with Gasteiger partial charge in [-0.15, -0.1) is 0 Å². The maximum absolute atomic E-state index is 15.8. The van der Waals surface area contributed by atoms with Gasteiger partial charge in [0, 0.05) is 6.42 Å². The Bertz CT molecular complexity index is 1770. The summed E-state index contributed by atoms with van der Waals surface area (Å²) in [5.41, 5.74) is 12.2. The first-order valence-corrected chi connectivity index (χ1v) is 16.3. The summed E-state index contributed by atoms with van der Waals surface area (Å²) in [7, 11) is -9.65. The molecule has 2 fully saturated rings. The van der Waals surface area contributed by atoms with Crippen molar-refractivity contribution in [2.24, 2.45) is 0 Å². The lowest BCUT2D eigenvalue weighted by Gasteiger charge is -2.23. The van der Waals surface area contributed by atoms with E-state index in [1.54, 1.807) is 0 Å². The summed E-state index contributed by atoms with van der Waals surface area (Å²) in [6, 6.07) is 0. The summed E-state index contributed by atoms with van der Waals surface area (Å²) in [4.78, 5) is 53.0. The maximum Gasteiger partial charge on any atom is 0.472 e. The van der Waals surface area contributed by atoms with Gasteiger partial charge < -0.3 is 35.6 Å². The van der Waals surface area contributed by atoms with Crippen LogP contribution in [0.3, 0.4) is 0 Å². The number of rotatable bonds is 10. The highest BCUT2D eigenvalue weighted by Gasteiger charge is 2.51. The average Bonchev–Trinajstić information content (AvgIpc) is 3.72. The van der Waals surface area contributed by atoms with Gasteiger partial charge >= 0.3 is 15.4 Å². The molecule has 2 saturated heterocycles. The molecule has 0 saturated carbocycles. The fourth-order valence-electron chi connectivity index (χ4n) is 5.10. The first-order chi connectivity index (χ1) is 20.8. The summed E-state index contributed by atoms with van der Waals surface area (Å²) in [5.74, 6) is 0.0919. The first kappa shape index (κ1) is 30.8. The zero-order valence-corrected chi connectivity index (χ0v) is 24.1. The standard InChI is InChI=1S/C21H26F2N10O9P2/c22-10-3-9(40-20(10)32-7-30-13-16(24)26-5-28-18(13)32)4-39-44(37,38)42-15-11(1-2-43(34,35)36)41-21(12(15)23)33-8-31-14-17(25)27-6-29-19(14)33/h5-12,15,20-21H,1-4H2,(H,37,38)(H2,24,26,28)(H2,25,27,29)(H2,34,35,36)/t9-,10+,11+,12+,15+,20+,21+/m0/s1. The lowest BCUT2D eigenvalue weighted by atomic mass is 10.1. The van der Waals surface area contributed by atoms with Crippen molar-refractivity contribution >= 4 is 49.4 Å². The minimum Gasteiger partial charge on any atom is -0.382 e. The van der Waals surface area contributed by atoms with Gasteiger partial charge in [0.2, 0.25) is 0 Å². The van der Waals surface area contributed by atoms with Gasteiger partial charge in [-0.1, -0.05) is 0 Å². The number of halogens is 2. The van der Waals surface area contributed by atoms with Crippen molar-refractivity contribution < 1.29 is 51.1 Å². The monoisotopic (exact) mass is 662 g/mol. The average molecular weight is 662 g/mol. The Morgan fingerprint density at radius 2 is 1.50 bits per heavy atom. The lowest BCUT2D eigenvalue weighted by molar-refractivity contribution is -0.0415. The molecular formula is C21H26F2N10O9P2. The second-order valence-electron chi connectivity index (χ2n) is 10.1. The Morgan fingerprint density at radius 3 is 2.09 bits per heavy atom. The molecule has 44 heavy (non-hydrogen) atoms. The molecule has 23 heteroatoms. The summed E-state index contributed by atoms with van der Waals surface area (Å²) in [6.07, 6.45) is -7.45. The fraction of sp³-hybridized carbons (Fsp3) is 0.524. The number of nitrogens with two attached hydrogens (primary N) is 2. The smallest absolute Gasteiger partial charge is 0.382 e. The molecule has 4 aromatic heterocycles. The predicted molar refractivity (Wildman–Crippen MR) is 144 cm³/mol. The molecule has 2 aliphatic heterocycles. The molecule has 0 bridgehead atoms. The number of hydrogen-bond donors (Lipinski definition) is 5. The third-order valence-electron chi connectivity index (χ3n) is 7.10. The van der Waals surface area contributed by atoms with Crippen molar-refractivity contribution in [3.8, 4) is 0 Å². The maximum atomic E-state index is 15.8. The van der Waals surface area contributed by atoms with Gasteiger partial charge in [0.25, 0.3) is 0 Å². The number of phosphoric acid groups is 1. The van der Waals surface area contributed by atoms with Crippen LogP contribution in [0.1, 0.15) is 25.3 Å². The summed E-state index contributed by atoms with van der Waals surface area (Å²) in [6.45, 7) is -0.627. The molecule has 7 N–H and O–H groups in total. The zero-order valence-electron chi connectivity index (χ0n) is 22.4. The quantitative estimate of drug-likeness (QED) is 0.147. The van der Waals surface area contributed by atoms with Crippen LogP contribution < -0.4 is 11.5 Å². The van der Waals surface area contributed by atoms with Crippen molar-refractivity contribution in [1.29, 1.82) is 0 Å². The van der Waals surface area contributed by atoms with Gasteiger partial charge in [-0.3, -0.25) is 22.7 Å². The van der Waals surface area contributed by atoms with E-state index in [1.807, 2.05) is 0 Å². The van der Waals surface area contributed by atoms with E-state index in [-0.39, 0.29) is 40.4 Å². The van der Waals surface area contributed by atoms with Gasteiger partial charge in [0.15, 0.2) is 41.6 Å². The molecule has 0 radical (unpaired) electrons. The van der Waals surface area contributed by atoms with E-state index in [0.29, 0.717) is 0 Å². The number of nitrogens with zero attached hydrogens (tertiary/aromatic N) is 8. The highest BCUT2D eigenvalue weighted by molar-refractivity contribution is 7.51. The van der Waals surface area contributed by atoms with E-state index >= 15 is 4.39 Å². The number of phosphoric ester groups is 1. The molecule has 2 aliphatic rings. The normalized spacial score (nSPS) is 29.1. The number of anilines is 2. The fourth-order valence-corrected chi connectivity index (χ4v) is 6.66. The van der Waals surface area contributed by atoms with Crippen molar-refractivity contribution in [2.75, 3.05) is 24.2 Å². The summed E-state index contributed by atoms with van der Waals surface area (Å²) in [5, 5.41) is 0. The van der Waals surface area contributed by atoms with Crippen LogP contribution in [0.15, 0.2) is 25.3 Å². The number of fused-ring (bicyclic) bond motifs is 2. The van der Waals surface area contributed by atoms with E-state index in [2.05, 4.69) is 29.9 Å². The van der Waals surface area contributed by atoms with E-state index in [4.69, 9.17) is 30.0 Å². The topological polar surface area (TPSA) is 271 Å². The van der Waals surface area contributed by atoms with Gasteiger partial charge in [-0.2, -0.15) is 0 Å². The second kappa shape index (κ2) is 11.6. The zero-order chi connectivity index (χ0) is 31.4. The molecular weight excluding hydrogens is 636 g/mol. The number of nitrogen functional groups attached to an aromatic ring is 2. The lowest BCUT2D eigenvalue weighted by Crippen LogP contribution is -2.32. The minimum absolute atomic E-state index is 0.00628. The molecule has 4 aromatic rings. The number of ether oxygens (including phenoxy) is 2. The summed E-state index contributed by atoms with van der Waals surface area (Å²) < 4.78 is 79.3. The van der Waals surface area contributed by atoms with Crippen LogP contribution in [-0.4, -0.2) is 97.1 Å². The molecule has 8 atom stereocenters. The van der Waals surface area contributed by atoms with Crippen molar-refractivity contribution in [3.05, 3.63) is 25.3 Å². The number of imidazole rings is 2. The van der Waals surface area contributed by atoms with E-state index in [0.717, 1.165) is 17.2 Å². The van der Waals surface area contributed by atoms with Gasteiger partial charge in [0.05, 0.1) is 37.6 Å². The largest absolute Gasteiger partial charge is 0.472 e. The Morgan fingerprint density at radius 1 is 0.909 bits per heavy atom.